The van der Waals surface area contributed by atoms with Crippen molar-refractivity contribution in [3.05, 3.63) is 0 Å². The Hall–Kier alpha value is -1.30. The predicted molar refractivity (Wildman–Crippen MR) is 121 cm³/mol. The third-order valence-corrected chi connectivity index (χ3v) is 8.29. The van der Waals surface area contributed by atoms with Crippen LogP contribution in [0.15, 0.2) is 0 Å². The number of nitrogens with one attached hydrogen (secondary N) is 2. The van der Waals surface area contributed by atoms with Gasteiger partial charge in [0.2, 0.25) is 0 Å². The van der Waals surface area contributed by atoms with Gasteiger partial charge in [-0.15, -0.1) is 0 Å². The van der Waals surface area contributed by atoms with Crippen molar-refractivity contribution in [1.82, 2.24) is 10.6 Å². The van der Waals surface area contributed by atoms with Crippen molar-refractivity contribution < 1.29 is 38.7 Å². The van der Waals surface area contributed by atoms with Crippen LogP contribution in [0, 0.1) is 10.8 Å². The summed E-state index contributed by atoms with van der Waals surface area (Å²) in [6.07, 6.45) is 12.3. The van der Waals surface area contributed by atoms with Crippen LogP contribution >= 0.6 is 0 Å². The van der Waals surface area contributed by atoms with Crippen LogP contribution < -0.4 is 10.6 Å². The predicted octanol–water partition coefficient (Wildman–Crippen LogP) is 1.72. The molecule has 0 radical (unpaired) electrons. The van der Waals surface area contributed by atoms with Crippen molar-refractivity contribution in [2.45, 2.75) is 75.8 Å². The number of aliphatic carboxylic acids is 2. The van der Waals surface area contributed by atoms with E-state index in [2.05, 4.69) is 10.6 Å². The second-order valence-corrected chi connectivity index (χ2v) is 10.7. The zero-order valence-corrected chi connectivity index (χ0v) is 20.1. The van der Waals surface area contributed by atoms with Crippen LogP contribution in [0.5, 0.6) is 0 Å². The van der Waals surface area contributed by atoms with E-state index in [4.69, 9.17) is 38.7 Å². The number of carboxylic acids is 2. The average molecular weight is 485 g/mol. The summed E-state index contributed by atoms with van der Waals surface area (Å²) in [7, 11) is 0. The summed E-state index contributed by atoms with van der Waals surface area (Å²) < 4.78 is 23.3. The van der Waals surface area contributed by atoms with Gasteiger partial charge in [0.1, 0.15) is 0 Å². The Morgan fingerprint density at radius 2 is 0.971 bits per heavy atom. The van der Waals surface area contributed by atoms with Gasteiger partial charge in [0.05, 0.1) is 26.4 Å². The molecular weight excluding hydrogens is 444 g/mol. The van der Waals surface area contributed by atoms with Gasteiger partial charge >= 0.3 is 11.9 Å². The Bertz CT molecular complexity index is 602. The van der Waals surface area contributed by atoms with Crippen LogP contribution in [0.25, 0.3) is 0 Å². The van der Waals surface area contributed by atoms with Gasteiger partial charge in [-0.3, -0.25) is 0 Å². The molecule has 0 aromatic heterocycles. The highest BCUT2D eigenvalue weighted by Gasteiger charge is 2.50. The zero-order chi connectivity index (χ0) is 24.1. The van der Waals surface area contributed by atoms with E-state index >= 15 is 0 Å². The van der Waals surface area contributed by atoms with Crippen molar-refractivity contribution in [1.29, 1.82) is 0 Å². The molecule has 2 unspecified atom stereocenters. The summed E-state index contributed by atoms with van der Waals surface area (Å²) >= 11 is 0. The van der Waals surface area contributed by atoms with Crippen molar-refractivity contribution in [2.75, 3.05) is 52.6 Å². The summed E-state index contributed by atoms with van der Waals surface area (Å²) in [6, 6.07) is 0. The van der Waals surface area contributed by atoms with Crippen LogP contribution in [0.1, 0.15) is 64.2 Å². The standard InChI is InChI=1S/2C11H19NO2.C2H2O4/c2*1-2-10(4-5-12-9-10)8-11(3-1)13-6-7-14-11;3-1(4)2(5)6/h2*12H,1-9H2;(H,3,4)(H,5,6). The van der Waals surface area contributed by atoms with Crippen molar-refractivity contribution in [3.8, 4) is 0 Å². The maximum absolute atomic E-state index is 9.10. The number of carboxylic acid groups (broad SMARTS) is 2. The minimum atomic E-state index is -1.82. The molecule has 2 aliphatic carbocycles. The third-order valence-electron chi connectivity index (χ3n) is 8.29. The third kappa shape index (κ3) is 6.09. The fourth-order valence-electron chi connectivity index (χ4n) is 6.77. The quantitative estimate of drug-likeness (QED) is 0.376. The van der Waals surface area contributed by atoms with Crippen LogP contribution in [0.2, 0.25) is 0 Å². The first-order valence-corrected chi connectivity index (χ1v) is 12.7. The highest BCUT2D eigenvalue weighted by Crippen LogP contribution is 2.49. The van der Waals surface area contributed by atoms with E-state index < -0.39 is 11.9 Å². The lowest BCUT2D eigenvalue weighted by atomic mass is 9.71. The first-order chi connectivity index (χ1) is 16.3. The first kappa shape index (κ1) is 25.8. The summed E-state index contributed by atoms with van der Waals surface area (Å²) in [4.78, 5) is 18.2. The lowest BCUT2D eigenvalue weighted by Gasteiger charge is -2.42. The molecule has 10 heteroatoms. The molecule has 34 heavy (non-hydrogen) atoms. The van der Waals surface area contributed by atoms with Crippen molar-refractivity contribution in [3.63, 3.8) is 0 Å². The Balaban J connectivity index is 0.000000132. The molecular formula is C24H40N2O8. The highest BCUT2D eigenvalue weighted by atomic mass is 16.7. The fourth-order valence-corrected chi connectivity index (χ4v) is 6.77. The largest absolute Gasteiger partial charge is 0.473 e. The molecule has 4 N–H and O–H groups in total. The normalized spacial score (nSPS) is 35.2. The van der Waals surface area contributed by atoms with Gasteiger partial charge in [-0.25, -0.2) is 9.59 Å². The average Bonchev–Trinajstić information content (AvgIpc) is 3.61. The highest BCUT2D eigenvalue weighted by molar-refractivity contribution is 6.27. The first-order valence-electron chi connectivity index (χ1n) is 12.7. The molecule has 6 fully saturated rings. The minimum Gasteiger partial charge on any atom is -0.473 e. The van der Waals surface area contributed by atoms with Gasteiger partial charge in [0.25, 0.3) is 0 Å². The summed E-state index contributed by atoms with van der Waals surface area (Å²) in [6.45, 7) is 7.87. The summed E-state index contributed by atoms with van der Waals surface area (Å²) in [5.41, 5.74) is 0.977. The smallest absolute Gasteiger partial charge is 0.414 e. The van der Waals surface area contributed by atoms with E-state index in [9.17, 15) is 0 Å². The van der Waals surface area contributed by atoms with Gasteiger partial charge in [-0.05, 0) is 62.4 Å². The van der Waals surface area contributed by atoms with E-state index in [1.807, 2.05) is 0 Å². The molecule has 6 aliphatic rings. The Kier molecular flexibility index (Phi) is 8.16. The zero-order valence-electron chi connectivity index (χ0n) is 20.1. The lowest BCUT2D eigenvalue weighted by molar-refractivity contribution is -0.200. The van der Waals surface area contributed by atoms with Gasteiger partial charge in [-0.2, -0.15) is 0 Å². The van der Waals surface area contributed by atoms with E-state index in [0.29, 0.717) is 10.8 Å². The SMILES string of the molecule is C1CC2(CCNC2)CC2(C1)OCCO2.C1CC2(CCNC2)CC2(C1)OCCO2.O=C(O)C(=O)O. The Morgan fingerprint density at radius 1 is 0.588 bits per heavy atom. The van der Waals surface area contributed by atoms with E-state index in [1.165, 1.54) is 64.7 Å². The number of carbonyl (C=O) groups is 2. The monoisotopic (exact) mass is 484 g/mol. The molecule has 0 amide bonds. The molecule has 2 saturated carbocycles. The van der Waals surface area contributed by atoms with Crippen molar-refractivity contribution >= 4 is 11.9 Å². The van der Waals surface area contributed by atoms with Gasteiger partial charge < -0.3 is 39.8 Å². The molecule has 0 bridgehead atoms. The van der Waals surface area contributed by atoms with E-state index in [-0.39, 0.29) is 11.6 Å². The molecule has 4 spiro atoms. The van der Waals surface area contributed by atoms with Crippen molar-refractivity contribution in [2.24, 2.45) is 10.8 Å². The molecule has 4 saturated heterocycles. The molecule has 0 aromatic carbocycles. The molecule has 4 aliphatic heterocycles. The molecule has 2 atom stereocenters. The van der Waals surface area contributed by atoms with Gasteiger partial charge in [0, 0.05) is 38.8 Å². The Labute approximate surface area is 201 Å². The summed E-state index contributed by atoms with van der Waals surface area (Å²) in [5.74, 6) is -4.03. The number of rotatable bonds is 0. The van der Waals surface area contributed by atoms with E-state index in [0.717, 1.165) is 52.1 Å². The lowest BCUT2D eigenvalue weighted by Crippen LogP contribution is -2.43. The maximum Gasteiger partial charge on any atom is 0.414 e. The molecule has 6 rings (SSSR count). The Morgan fingerprint density at radius 3 is 1.26 bits per heavy atom. The topological polar surface area (TPSA) is 136 Å². The van der Waals surface area contributed by atoms with Crippen LogP contribution in [0.4, 0.5) is 0 Å². The second kappa shape index (κ2) is 10.8. The second-order valence-electron chi connectivity index (χ2n) is 10.7. The van der Waals surface area contributed by atoms with Gasteiger partial charge in [-0.1, -0.05) is 0 Å². The fraction of sp³-hybridized carbons (Fsp3) is 0.917. The molecule has 10 nitrogen and oxygen atoms in total. The molecule has 4 heterocycles. The summed E-state index contributed by atoms with van der Waals surface area (Å²) in [5, 5.41) is 21.7. The molecule has 0 aromatic rings. The number of hydrogen-bond acceptors (Lipinski definition) is 8. The van der Waals surface area contributed by atoms with Crippen LogP contribution in [-0.4, -0.2) is 86.3 Å². The molecule has 194 valence electrons. The van der Waals surface area contributed by atoms with Crippen LogP contribution in [0.3, 0.4) is 0 Å². The minimum absolute atomic E-state index is 0.190. The van der Waals surface area contributed by atoms with E-state index in [1.54, 1.807) is 0 Å². The van der Waals surface area contributed by atoms with Gasteiger partial charge in [0.15, 0.2) is 11.6 Å². The number of ether oxygens (including phenoxy) is 4. The van der Waals surface area contributed by atoms with Crippen LogP contribution in [-0.2, 0) is 28.5 Å². The number of hydrogen-bond donors (Lipinski definition) is 4. The maximum atomic E-state index is 9.10.